The molecule has 2 bridgehead atoms. The van der Waals surface area contributed by atoms with Crippen LogP contribution in [0.15, 0.2) is 66.9 Å². The van der Waals surface area contributed by atoms with Crippen LogP contribution >= 0.6 is 0 Å². The van der Waals surface area contributed by atoms with E-state index in [0.717, 1.165) is 28.1 Å². The van der Waals surface area contributed by atoms with E-state index in [1.807, 2.05) is 29.0 Å². The second-order valence-corrected chi connectivity index (χ2v) is 14.9. The molecule has 2 atom stereocenters. The van der Waals surface area contributed by atoms with Gasteiger partial charge in [0.1, 0.15) is 5.75 Å². The van der Waals surface area contributed by atoms with Gasteiger partial charge >= 0.3 is 18.7 Å². The minimum absolute atomic E-state index is 0.0823. The van der Waals surface area contributed by atoms with Gasteiger partial charge < -0.3 is 25.7 Å². The Morgan fingerprint density at radius 2 is 1.48 bits per heavy atom. The number of piperidine rings is 1. The molecule has 3 aliphatic heterocycles. The number of piperazine rings is 1. The summed E-state index contributed by atoms with van der Waals surface area (Å²) >= 11 is 0. The van der Waals surface area contributed by atoms with E-state index in [9.17, 15) is 44.3 Å². The van der Waals surface area contributed by atoms with Gasteiger partial charge in [0.05, 0.1) is 16.7 Å². The zero-order valence-corrected chi connectivity index (χ0v) is 30.1. The van der Waals surface area contributed by atoms with Gasteiger partial charge in [-0.1, -0.05) is 24.3 Å². The van der Waals surface area contributed by atoms with Crippen molar-refractivity contribution in [2.24, 2.45) is 5.73 Å². The molecule has 8 nitrogen and oxygen atoms in total. The topological polar surface area (TPSA) is 87.8 Å². The number of nitrogens with one attached hydrogen (secondary N) is 2. The normalized spacial score (nSPS) is 20.5. The molecule has 3 aromatic carbocycles. The van der Waals surface area contributed by atoms with Crippen LogP contribution in [0.1, 0.15) is 47.9 Å². The summed E-state index contributed by atoms with van der Waals surface area (Å²) in [5, 5.41) is 6.98. The molecule has 2 unspecified atom stereocenters. The Morgan fingerprint density at radius 1 is 0.857 bits per heavy atom. The highest BCUT2D eigenvalue weighted by atomic mass is 19.4. The van der Waals surface area contributed by atoms with E-state index < -0.39 is 47.5 Å². The van der Waals surface area contributed by atoms with Gasteiger partial charge in [-0.25, -0.2) is 0 Å². The molecule has 0 aliphatic carbocycles. The molecule has 0 saturated carbocycles. The summed E-state index contributed by atoms with van der Waals surface area (Å²) in [4.78, 5) is 16.7. The van der Waals surface area contributed by atoms with Gasteiger partial charge in [0.25, 0.3) is 0 Å². The standard InChI is InChI=1S/C39H41F9N6O2/c40-37(41,42)32-3-1-4-33(38(43,44)45)31(32)23-54-21-26-18-27(54)20-53(26)19-24-5-10-34-29(17-24)30(25-6-8-28(9-7-25)56-39(46,47)48)22-52(34)16-2-13-51-35(55)36(49)11-14-50-15-12-36/h1,3-10,17,22,26-27,50H,2,11-16,18-21,23,49H2,(H,51,55). The number of benzene rings is 3. The lowest BCUT2D eigenvalue weighted by Gasteiger charge is -2.35. The van der Waals surface area contributed by atoms with Crippen LogP contribution in [-0.4, -0.2) is 77.0 Å². The first kappa shape index (κ1) is 39.9. The van der Waals surface area contributed by atoms with Crippen LogP contribution in [0.4, 0.5) is 39.5 Å². The van der Waals surface area contributed by atoms with Gasteiger partial charge in [-0.3, -0.25) is 14.6 Å². The van der Waals surface area contributed by atoms with Crippen LogP contribution in [0.25, 0.3) is 22.0 Å². The first-order chi connectivity index (χ1) is 26.4. The van der Waals surface area contributed by atoms with Crippen molar-refractivity contribution in [1.29, 1.82) is 0 Å². The number of rotatable bonds is 11. The summed E-state index contributed by atoms with van der Waals surface area (Å²) < 4.78 is 128. The van der Waals surface area contributed by atoms with Gasteiger partial charge in [-0.05, 0) is 91.9 Å². The average Bonchev–Trinajstić information content (AvgIpc) is 3.82. The second-order valence-electron chi connectivity index (χ2n) is 14.9. The predicted octanol–water partition coefficient (Wildman–Crippen LogP) is 7.29. The Bertz CT molecular complexity index is 2010. The van der Waals surface area contributed by atoms with Crippen molar-refractivity contribution in [1.82, 2.24) is 25.0 Å². The van der Waals surface area contributed by atoms with Crippen LogP contribution in [0.5, 0.6) is 5.75 Å². The Labute approximate surface area is 316 Å². The summed E-state index contributed by atoms with van der Waals surface area (Å²) in [6.07, 6.45) is -10.5. The van der Waals surface area contributed by atoms with Gasteiger partial charge in [0.15, 0.2) is 0 Å². The monoisotopic (exact) mass is 796 g/mol. The minimum atomic E-state index is -4.94. The molecular weight excluding hydrogens is 755 g/mol. The Balaban J connectivity index is 1.08. The smallest absolute Gasteiger partial charge is 0.406 e. The number of fused-ring (bicyclic) bond motifs is 3. The number of amides is 1. The summed E-state index contributed by atoms with van der Waals surface area (Å²) in [5.74, 6) is -0.554. The quantitative estimate of drug-likeness (QED) is 0.109. The zero-order valence-electron chi connectivity index (χ0n) is 30.1. The molecule has 7 rings (SSSR count). The number of hydrogen-bond acceptors (Lipinski definition) is 6. The van der Waals surface area contributed by atoms with E-state index in [-0.39, 0.29) is 23.7 Å². The van der Waals surface area contributed by atoms with Crippen molar-refractivity contribution in [2.75, 3.05) is 32.7 Å². The number of nitrogens with zero attached hydrogens (tertiary/aromatic N) is 3. The van der Waals surface area contributed by atoms with Crippen LogP contribution in [0.2, 0.25) is 0 Å². The van der Waals surface area contributed by atoms with E-state index in [4.69, 9.17) is 5.73 Å². The molecule has 4 aromatic rings. The third-order valence-corrected chi connectivity index (χ3v) is 11.2. The zero-order chi connectivity index (χ0) is 40.0. The third kappa shape index (κ3) is 8.65. The highest BCUT2D eigenvalue weighted by molar-refractivity contribution is 5.96. The van der Waals surface area contributed by atoms with Crippen molar-refractivity contribution in [2.45, 2.75) is 81.7 Å². The van der Waals surface area contributed by atoms with Crippen molar-refractivity contribution in [3.8, 4) is 16.9 Å². The SMILES string of the molecule is NC1(C(=O)NCCCn2cc(-c3ccc(OC(F)(F)F)cc3)c3cc(CN4CC5CC4CN5Cc4c(C(F)(F)F)cccc4C(F)(F)F)ccc32)CCNCC1. The maximum absolute atomic E-state index is 13.8. The van der Waals surface area contributed by atoms with Crippen LogP contribution < -0.4 is 21.1 Å². The lowest BCUT2D eigenvalue weighted by molar-refractivity contribution is -0.274. The second kappa shape index (κ2) is 15.2. The van der Waals surface area contributed by atoms with E-state index in [1.165, 1.54) is 12.1 Å². The fraction of sp³-hybridized carbons (Fsp3) is 0.462. The maximum atomic E-state index is 13.8. The van der Waals surface area contributed by atoms with Crippen LogP contribution in [0, 0.1) is 0 Å². The Kier molecular flexibility index (Phi) is 10.8. The van der Waals surface area contributed by atoms with Crippen molar-refractivity contribution < 1.29 is 49.0 Å². The first-order valence-corrected chi connectivity index (χ1v) is 18.4. The molecule has 302 valence electrons. The van der Waals surface area contributed by atoms with Crippen molar-refractivity contribution in [3.63, 3.8) is 0 Å². The molecule has 1 aromatic heterocycles. The molecule has 3 saturated heterocycles. The lowest BCUT2D eigenvalue weighted by atomic mass is 9.88. The van der Waals surface area contributed by atoms with Crippen LogP contribution in [-0.2, 0) is 36.8 Å². The molecule has 0 radical (unpaired) electrons. The van der Waals surface area contributed by atoms with E-state index in [2.05, 4.69) is 20.3 Å². The highest BCUT2D eigenvalue weighted by Gasteiger charge is 2.46. The molecule has 1 amide bonds. The van der Waals surface area contributed by atoms with Gasteiger partial charge in [0.2, 0.25) is 5.91 Å². The summed E-state index contributed by atoms with van der Waals surface area (Å²) in [7, 11) is 0. The number of alkyl halides is 9. The number of carbonyl (C=O) groups excluding carboxylic acids is 1. The molecule has 56 heavy (non-hydrogen) atoms. The number of ether oxygens (including phenoxy) is 1. The molecule has 0 spiro atoms. The summed E-state index contributed by atoms with van der Waals surface area (Å²) in [5.41, 5.74) is 5.28. The maximum Gasteiger partial charge on any atom is 0.573 e. The van der Waals surface area contributed by atoms with E-state index in [0.29, 0.717) is 89.2 Å². The van der Waals surface area contributed by atoms with E-state index >= 15 is 0 Å². The number of likely N-dealkylation sites (tertiary alicyclic amines) is 2. The molecule has 3 fully saturated rings. The van der Waals surface area contributed by atoms with Gasteiger partial charge in [-0.15, -0.1) is 13.2 Å². The number of nitrogens with two attached hydrogens (primary N) is 1. The Hall–Kier alpha value is -4.32. The first-order valence-electron chi connectivity index (χ1n) is 18.4. The number of hydrogen-bond donors (Lipinski definition) is 3. The van der Waals surface area contributed by atoms with Gasteiger partial charge in [0, 0.05) is 74.0 Å². The predicted molar refractivity (Wildman–Crippen MR) is 190 cm³/mol. The fourth-order valence-corrected chi connectivity index (χ4v) is 8.37. The van der Waals surface area contributed by atoms with Crippen molar-refractivity contribution in [3.05, 3.63) is 89.1 Å². The lowest BCUT2D eigenvalue weighted by Crippen LogP contribution is -2.59. The average molecular weight is 797 g/mol. The fourth-order valence-electron chi connectivity index (χ4n) is 8.37. The highest BCUT2D eigenvalue weighted by Crippen LogP contribution is 2.42. The largest absolute Gasteiger partial charge is 0.573 e. The minimum Gasteiger partial charge on any atom is -0.406 e. The molecule has 17 heteroatoms. The van der Waals surface area contributed by atoms with Gasteiger partial charge in [-0.2, -0.15) is 26.3 Å². The Morgan fingerprint density at radius 3 is 2.07 bits per heavy atom. The molecule has 3 aliphatic rings. The van der Waals surface area contributed by atoms with Crippen LogP contribution in [0.3, 0.4) is 0 Å². The number of halogens is 9. The molecular formula is C39H41F9N6O2. The summed E-state index contributed by atoms with van der Waals surface area (Å²) in [6, 6.07) is 13.3. The number of aromatic nitrogens is 1. The number of carbonyl (C=O) groups is 1. The van der Waals surface area contributed by atoms with E-state index in [1.54, 1.807) is 17.0 Å². The molecule has 4 N–H and O–H groups in total. The molecule has 4 heterocycles. The third-order valence-electron chi connectivity index (χ3n) is 11.2. The van der Waals surface area contributed by atoms with Crippen molar-refractivity contribution >= 4 is 16.8 Å². The number of aryl methyl sites for hydroxylation is 1. The summed E-state index contributed by atoms with van der Waals surface area (Å²) in [6.45, 7) is 3.00.